The molecule has 198 valence electrons. The fourth-order valence-electron chi connectivity index (χ4n) is 4.81. The summed E-state index contributed by atoms with van der Waals surface area (Å²) in [7, 11) is 2.92. The van der Waals surface area contributed by atoms with E-state index < -0.39 is 5.97 Å². The lowest BCUT2D eigenvalue weighted by Gasteiger charge is -2.29. The van der Waals surface area contributed by atoms with Gasteiger partial charge in [0.2, 0.25) is 5.91 Å². The molecule has 1 aliphatic heterocycles. The third kappa shape index (κ3) is 5.06. The molecule has 2 aromatic carbocycles. The van der Waals surface area contributed by atoms with Crippen molar-refractivity contribution in [2.24, 2.45) is 0 Å². The Bertz CT molecular complexity index is 1520. The number of nitrogens with zero attached hydrogens (tertiary/aromatic N) is 3. The maximum absolute atomic E-state index is 12.0. The molecule has 0 spiro atoms. The SMILES string of the molecule is COC(=O)c1ccc(-n2cccc2[C@H]2[C@H](c3ccccn3)NC(=S)N2c2ccc(OC)c(NC(C)=O)c2)cc1. The summed E-state index contributed by atoms with van der Waals surface area (Å²) in [4.78, 5) is 30.5. The van der Waals surface area contributed by atoms with Gasteiger partial charge in [-0.2, -0.15) is 0 Å². The molecule has 0 bridgehead atoms. The molecule has 3 heterocycles. The molecule has 9 nitrogen and oxygen atoms in total. The minimum atomic E-state index is -0.393. The highest BCUT2D eigenvalue weighted by atomic mass is 32.1. The van der Waals surface area contributed by atoms with E-state index in [9.17, 15) is 9.59 Å². The zero-order valence-corrected chi connectivity index (χ0v) is 22.4. The topological polar surface area (TPSA) is 97.7 Å². The summed E-state index contributed by atoms with van der Waals surface area (Å²) in [6.45, 7) is 1.45. The standard InChI is InChI=1S/C29H27N5O4S/c1-18(35)31-23-17-21(13-14-25(23)37-2)34-27(26(32-29(34)39)22-7-4-5-15-30-22)24-8-6-16-33(24)20-11-9-19(10-12-20)28(36)38-3/h4-17,26-27H,1-3H3,(H,31,35)(H,32,39)/t26-,27-/m0/s1. The van der Waals surface area contributed by atoms with Crippen LogP contribution in [0.3, 0.4) is 0 Å². The molecule has 2 aromatic heterocycles. The lowest BCUT2D eigenvalue weighted by Crippen LogP contribution is -2.30. The number of methoxy groups -OCH3 is 2. The molecule has 39 heavy (non-hydrogen) atoms. The van der Waals surface area contributed by atoms with Gasteiger partial charge in [-0.05, 0) is 78.9 Å². The first-order valence-corrected chi connectivity index (χ1v) is 12.6. The van der Waals surface area contributed by atoms with Gasteiger partial charge in [-0.15, -0.1) is 0 Å². The zero-order chi connectivity index (χ0) is 27.5. The van der Waals surface area contributed by atoms with E-state index in [2.05, 4.69) is 20.2 Å². The van der Waals surface area contributed by atoms with Crippen LogP contribution in [0.15, 0.2) is 85.2 Å². The summed E-state index contributed by atoms with van der Waals surface area (Å²) in [5.41, 5.74) is 4.43. The molecule has 4 aromatic rings. The lowest BCUT2D eigenvalue weighted by atomic mass is 10.0. The van der Waals surface area contributed by atoms with Crippen LogP contribution in [0.25, 0.3) is 5.69 Å². The Morgan fingerprint density at radius 1 is 1.00 bits per heavy atom. The third-order valence-electron chi connectivity index (χ3n) is 6.52. The van der Waals surface area contributed by atoms with Gasteiger partial charge in [0.15, 0.2) is 5.11 Å². The van der Waals surface area contributed by atoms with Crippen LogP contribution in [0, 0.1) is 0 Å². The molecule has 2 atom stereocenters. The van der Waals surface area contributed by atoms with E-state index in [-0.39, 0.29) is 18.0 Å². The Hall–Kier alpha value is -4.70. The van der Waals surface area contributed by atoms with Gasteiger partial charge in [0, 0.05) is 36.4 Å². The second kappa shape index (κ2) is 11.0. The number of pyridine rings is 1. The molecular formula is C29H27N5O4S. The van der Waals surface area contributed by atoms with Gasteiger partial charge in [-0.1, -0.05) is 6.07 Å². The summed E-state index contributed by atoms with van der Waals surface area (Å²) in [5, 5.41) is 6.82. The number of esters is 1. The maximum Gasteiger partial charge on any atom is 0.337 e. The number of hydrogen-bond donors (Lipinski definition) is 2. The number of ether oxygens (including phenoxy) is 2. The van der Waals surface area contributed by atoms with Crippen molar-refractivity contribution in [3.63, 3.8) is 0 Å². The van der Waals surface area contributed by atoms with E-state index in [0.717, 1.165) is 22.8 Å². The van der Waals surface area contributed by atoms with E-state index in [1.54, 1.807) is 31.5 Å². The number of rotatable bonds is 7. The van der Waals surface area contributed by atoms with Gasteiger partial charge >= 0.3 is 5.97 Å². The first-order valence-electron chi connectivity index (χ1n) is 12.2. The summed E-state index contributed by atoms with van der Waals surface area (Å²) in [6, 6.07) is 22.0. The number of aromatic nitrogens is 2. The van der Waals surface area contributed by atoms with E-state index in [1.165, 1.54) is 14.0 Å². The van der Waals surface area contributed by atoms with Crippen molar-refractivity contribution in [2.75, 3.05) is 24.4 Å². The average molecular weight is 542 g/mol. The predicted molar refractivity (Wildman–Crippen MR) is 152 cm³/mol. The molecule has 2 N–H and O–H groups in total. The van der Waals surface area contributed by atoms with Crippen LogP contribution in [-0.4, -0.2) is 40.8 Å². The highest BCUT2D eigenvalue weighted by molar-refractivity contribution is 7.80. The molecule has 0 saturated carbocycles. The summed E-state index contributed by atoms with van der Waals surface area (Å²) in [5.74, 6) is -0.0609. The van der Waals surface area contributed by atoms with Gasteiger partial charge in [0.05, 0.1) is 37.2 Å². The second-order valence-corrected chi connectivity index (χ2v) is 9.29. The first kappa shape index (κ1) is 25.9. The van der Waals surface area contributed by atoms with Crippen LogP contribution >= 0.6 is 12.2 Å². The second-order valence-electron chi connectivity index (χ2n) is 8.90. The Balaban J connectivity index is 1.63. The van der Waals surface area contributed by atoms with Crippen LogP contribution in [0.4, 0.5) is 11.4 Å². The number of anilines is 2. The molecule has 1 aliphatic rings. The predicted octanol–water partition coefficient (Wildman–Crippen LogP) is 4.80. The van der Waals surface area contributed by atoms with E-state index in [1.807, 2.05) is 65.7 Å². The van der Waals surface area contributed by atoms with Crippen molar-refractivity contribution >= 4 is 40.6 Å². The van der Waals surface area contributed by atoms with Crippen molar-refractivity contribution in [1.82, 2.24) is 14.9 Å². The normalized spacial score (nSPS) is 16.5. The van der Waals surface area contributed by atoms with Crippen molar-refractivity contribution in [3.8, 4) is 11.4 Å². The minimum Gasteiger partial charge on any atom is -0.495 e. The number of benzene rings is 2. The van der Waals surface area contributed by atoms with Gasteiger partial charge in [0.1, 0.15) is 11.8 Å². The molecule has 5 rings (SSSR count). The molecule has 0 radical (unpaired) electrons. The Morgan fingerprint density at radius 2 is 1.77 bits per heavy atom. The molecule has 1 saturated heterocycles. The highest BCUT2D eigenvalue weighted by Crippen LogP contribution is 2.43. The molecule has 0 aliphatic carbocycles. The van der Waals surface area contributed by atoms with Crippen molar-refractivity contribution < 1.29 is 19.1 Å². The fraction of sp³-hybridized carbons (Fsp3) is 0.172. The number of nitrogens with one attached hydrogen (secondary N) is 2. The Morgan fingerprint density at radius 3 is 2.44 bits per heavy atom. The Kier molecular flexibility index (Phi) is 7.29. The lowest BCUT2D eigenvalue weighted by molar-refractivity contribution is -0.114. The van der Waals surface area contributed by atoms with Crippen molar-refractivity contribution in [1.29, 1.82) is 0 Å². The van der Waals surface area contributed by atoms with Gasteiger partial charge in [0.25, 0.3) is 0 Å². The van der Waals surface area contributed by atoms with Crippen LogP contribution in [0.1, 0.15) is 40.8 Å². The highest BCUT2D eigenvalue weighted by Gasteiger charge is 2.42. The fourth-order valence-corrected chi connectivity index (χ4v) is 5.16. The third-order valence-corrected chi connectivity index (χ3v) is 6.83. The molecule has 1 fully saturated rings. The molecule has 1 amide bonds. The molecular weight excluding hydrogens is 514 g/mol. The van der Waals surface area contributed by atoms with Gasteiger partial charge < -0.3 is 29.6 Å². The zero-order valence-electron chi connectivity index (χ0n) is 21.6. The van der Waals surface area contributed by atoms with E-state index in [4.69, 9.17) is 21.7 Å². The number of amides is 1. The molecule has 0 unspecified atom stereocenters. The van der Waals surface area contributed by atoms with Gasteiger partial charge in [-0.25, -0.2) is 4.79 Å². The number of carbonyl (C=O) groups excluding carboxylic acids is 2. The smallest absolute Gasteiger partial charge is 0.337 e. The minimum absolute atomic E-state index is 0.209. The first-order chi connectivity index (χ1) is 18.9. The number of hydrogen-bond acceptors (Lipinski definition) is 6. The average Bonchev–Trinajstić information content (AvgIpc) is 3.57. The summed E-state index contributed by atoms with van der Waals surface area (Å²) in [6.07, 6.45) is 3.72. The largest absolute Gasteiger partial charge is 0.495 e. The summed E-state index contributed by atoms with van der Waals surface area (Å²) < 4.78 is 12.4. The van der Waals surface area contributed by atoms with Crippen LogP contribution in [0.5, 0.6) is 5.75 Å². The van der Waals surface area contributed by atoms with Crippen LogP contribution in [-0.2, 0) is 9.53 Å². The van der Waals surface area contributed by atoms with E-state index in [0.29, 0.717) is 22.1 Å². The molecule has 10 heteroatoms. The monoisotopic (exact) mass is 541 g/mol. The summed E-state index contributed by atoms with van der Waals surface area (Å²) >= 11 is 5.87. The van der Waals surface area contributed by atoms with E-state index >= 15 is 0 Å². The number of thiocarbonyl (C=S) groups is 1. The van der Waals surface area contributed by atoms with Crippen molar-refractivity contribution in [2.45, 2.75) is 19.0 Å². The van der Waals surface area contributed by atoms with Gasteiger partial charge in [-0.3, -0.25) is 9.78 Å². The Labute approximate surface area is 231 Å². The van der Waals surface area contributed by atoms with Crippen molar-refractivity contribution in [3.05, 3.63) is 102 Å². The van der Waals surface area contributed by atoms with Crippen LogP contribution < -0.4 is 20.3 Å². The van der Waals surface area contributed by atoms with Crippen LogP contribution in [0.2, 0.25) is 0 Å². The maximum atomic E-state index is 12.0. The number of carbonyl (C=O) groups is 2. The quantitative estimate of drug-likeness (QED) is 0.254.